The number of imidazole rings is 1. The van der Waals surface area contributed by atoms with Crippen LogP contribution in [0.3, 0.4) is 0 Å². The number of halogens is 1. The summed E-state index contributed by atoms with van der Waals surface area (Å²) in [6, 6.07) is 9.65. The summed E-state index contributed by atoms with van der Waals surface area (Å²) in [6.45, 7) is 1.14. The monoisotopic (exact) mass is 430 g/mol. The molecule has 0 radical (unpaired) electrons. The van der Waals surface area contributed by atoms with Crippen LogP contribution in [0.4, 0.5) is 11.4 Å². The van der Waals surface area contributed by atoms with Crippen LogP contribution in [0.15, 0.2) is 53.5 Å². The van der Waals surface area contributed by atoms with Gasteiger partial charge in [0, 0.05) is 24.0 Å². The zero-order valence-electron chi connectivity index (χ0n) is 15.5. The number of nitrogens with one attached hydrogen (secondary N) is 2. The standard InChI is InChI=1S/C19H15ClN4O6/c1-11-9-21-19(27)23(11)13-4-2-12(3-5-13)18(26)30-10-17(25)22-16-8-14(24(28)29)6-7-15(16)20/h2-9H,10H2,1H3,(H,21,27)(H,22,25). The van der Waals surface area contributed by atoms with E-state index in [4.69, 9.17) is 16.3 Å². The van der Waals surface area contributed by atoms with Crippen LogP contribution in [0.1, 0.15) is 16.1 Å². The van der Waals surface area contributed by atoms with Crippen molar-refractivity contribution in [3.63, 3.8) is 0 Å². The number of anilines is 1. The van der Waals surface area contributed by atoms with Crippen molar-refractivity contribution in [2.45, 2.75) is 6.92 Å². The lowest BCUT2D eigenvalue weighted by Crippen LogP contribution is -2.21. The summed E-state index contributed by atoms with van der Waals surface area (Å²) >= 11 is 5.91. The van der Waals surface area contributed by atoms with Gasteiger partial charge in [0.25, 0.3) is 11.6 Å². The minimum Gasteiger partial charge on any atom is -0.452 e. The minimum absolute atomic E-state index is 0.0311. The molecule has 0 aliphatic carbocycles. The molecule has 30 heavy (non-hydrogen) atoms. The number of nitrogens with zero attached hydrogens (tertiary/aromatic N) is 2. The third-order valence-electron chi connectivity index (χ3n) is 4.09. The number of benzene rings is 2. The average Bonchev–Trinajstić information content (AvgIpc) is 3.06. The van der Waals surface area contributed by atoms with Crippen LogP contribution in [-0.2, 0) is 9.53 Å². The van der Waals surface area contributed by atoms with Gasteiger partial charge in [0.05, 0.1) is 26.9 Å². The van der Waals surface area contributed by atoms with Gasteiger partial charge in [-0.15, -0.1) is 0 Å². The molecule has 0 aliphatic rings. The zero-order chi connectivity index (χ0) is 21.8. The van der Waals surface area contributed by atoms with E-state index in [1.807, 2.05) is 0 Å². The fourth-order valence-corrected chi connectivity index (χ4v) is 2.81. The summed E-state index contributed by atoms with van der Waals surface area (Å²) in [7, 11) is 0. The van der Waals surface area contributed by atoms with Gasteiger partial charge in [-0.2, -0.15) is 0 Å². The Morgan fingerprint density at radius 3 is 2.53 bits per heavy atom. The van der Waals surface area contributed by atoms with Crippen molar-refractivity contribution in [2.75, 3.05) is 11.9 Å². The number of carbonyl (C=O) groups excluding carboxylic acids is 2. The van der Waals surface area contributed by atoms with E-state index < -0.39 is 23.4 Å². The Labute approximate surface area is 174 Å². The van der Waals surface area contributed by atoms with Gasteiger partial charge < -0.3 is 15.0 Å². The SMILES string of the molecule is Cc1c[nH]c(=O)n1-c1ccc(C(=O)OCC(=O)Nc2cc([N+](=O)[O-])ccc2Cl)cc1. The van der Waals surface area contributed by atoms with E-state index >= 15 is 0 Å². The van der Waals surface area contributed by atoms with E-state index in [-0.39, 0.29) is 27.7 Å². The highest BCUT2D eigenvalue weighted by Crippen LogP contribution is 2.26. The van der Waals surface area contributed by atoms with E-state index in [9.17, 15) is 24.5 Å². The van der Waals surface area contributed by atoms with Crippen molar-refractivity contribution in [2.24, 2.45) is 0 Å². The molecule has 0 saturated carbocycles. The van der Waals surface area contributed by atoms with Crippen molar-refractivity contribution in [1.29, 1.82) is 0 Å². The third kappa shape index (κ3) is 4.55. The predicted octanol–water partition coefficient (Wildman–Crippen LogP) is 2.83. The minimum atomic E-state index is -0.750. The van der Waals surface area contributed by atoms with Crippen molar-refractivity contribution in [3.05, 3.63) is 85.5 Å². The Morgan fingerprint density at radius 2 is 1.93 bits per heavy atom. The Balaban J connectivity index is 1.62. The molecule has 11 heteroatoms. The third-order valence-corrected chi connectivity index (χ3v) is 4.42. The Bertz CT molecular complexity index is 1180. The molecule has 1 amide bonds. The number of H-pyrrole nitrogens is 1. The number of hydrogen-bond acceptors (Lipinski definition) is 6. The highest BCUT2D eigenvalue weighted by atomic mass is 35.5. The topological polar surface area (TPSA) is 136 Å². The van der Waals surface area contributed by atoms with Crippen molar-refractivity contribution >= 4 is 34.9 Å². The zero-order valence-corrected chi connectivity index (χ0v) is 16.3. The van der Waals surface area contributed by atoms with Crippen molar-refractivity contribution in [1.82, 2.24) is 9.55 Å². The number of aryl methyl sites for hydroxylation is 1. The lowest BCUT2D eigenvalue weighted by Gasteiger charge is -2.09. The van der Waals surface area contributed by atoms with Crippen molar-refractivity contribution < 1.29 is 19.2 Å². The van der Waals surface area contributed by atoms with Crippen LogP contribution < -0.4 is 11.0 Å². The molecule has 10 nitrogen and oxygen atoms in total. The molecule has 1 aromatic heterocycles. The molecule has 2 N–H and O–H groups in total. The smallest absolute Gasteiger partial charge is 0.338 e. The number of hydrogen-bond donors (Lipinski definition) is 2. The van der Waals surface area contributed by atoms with Gasteiger partial charge in [-0.05, 0) is 37.3 Å². The number of non-ortho nitro benzene ring substituents is 1. The fraction of sp³-hybridized carbons (Fsp3) is 0.105. The van der Waals surface area contributed by atoms with Crippen LogP contribution in [0.2, 0.25) is 5.02 Å². The number of ether oxygens (including phenoxy) is 1. The molecule has 0 aliphatic heterocycles. The molecular weight excluding hydrogens is 416 g/mol. The van der Waals surface area contributed by atoms with Crippen molar-refractivity contribution in [3.8, 4) is 5.69 Å². The van der Waals surface area contributed by atoms with E-state index in [2.05, 4.69) is 10.3 Å². The van der Waals surface area contributed by atoms with E-state index in [1.54, 1.807) is 25.3 Å². The molecule has 1 heterocycles. The molecular formula is C19H15ClN4O6. The summed E-state index contributed by atoms with van der Waals surface area (Å²) in [5, 5.41) is 13.3. The van der Waals surface area contributed by atoms with Crippen LogP contribution in [0.25, 0.3) is 5.69 Å². The van der Waals surface area contributed by atoms with Gasteiger partial charge in [-0.3, -0.25) is 19.5 Å². The van der Waals surface area contributed by atoms with Gasteiger partial charge in [-0.1, -0.05) is 11.6 Å². The lowest BCUT2D eigenvalue weighted by molar-refractivity contribution is -0.384. The number of carbonyl (C=O) groups is 2. The molecule has 0 atom stereocenters. The van der Waals surface area contributed by atoms with Gasteiger partial charge in [0.1, 0.15) is 0 Å². The normalized spacial score (nSPS) is 10.5. The summed E-state index contributed by atoms with van der Waals surface area (Å²) in [5.41, 5.74) is 0.924. The van der Waals surface area contributed by atoms with Crippen LogP contribution in [-0.4, -0.2) is 33.0 Å². The number of esters is 1. The molecule has 3 rings (SSSR count). The number of aromatic amines is 1. The number of amides is 1. The highest BCUT2D eigenvalue weighted by molar-refractivity contribution is 6.33. The first-order chi connectivity index (χ1) is 14.3. The molecule has 0 fully saturated rings. The molecule has 3 aromatic rings. The van der Waals surface area contributed by atoms with Crippen LogP contribution >= 0.6 is 11.6 Å². The first-order valence-electron chi connectivity index (χ1n) is 8.54. The summed E-state index contributed by atoms with van der Waals surface area (Å²) in [5.74, 6) is -1.46. The molecule has 0 spiro atoms. The second-order valence-electron chi connectivity index (χ2n) is 6.16. The number of aromatic nitrogens is 2. The number of nitro groups is 1. The van der Waals surface area contributed by atoms with E-state index in [0.717, 1.165) is 6.07 Å². The Hall–Kier alpha value is -3.92. The van der Waals surface area contributed by atoms with Crippen LogP contribution in [0.5, 0.6) is 0 Å². The second kappa shape index (κ2) is 8.62. The fourth-order valence-electron chi connectivity index (χ4n) is 2.65. The summed E-state index contributed by atoms with van der Waals surface area (Å²) in [4.78, 5) is 48.7. The Kier molecular flexibility index (Phi) is 5.98. The maximum atomic E-state index is 12.2. The maximum Gasteiger partial charge on any atom is 0.338 e. The molecule has 0 bridgehead atoms. The molecule has 0 saturated heterocycles. The summed E-state index contributed by atoms with van der Waals surface area (Å²) in [6.07, 6.45) is 1.57. The lowest BCUT2D eigenvalue weighted by atomic mass is 10.2. The van der Waals surface area contributed by atoms with E-state index in [0.29, 0.717) is 11.4 Å². The van der Waals surface area contributed by atoms with Crippen LogP contribution in [0, 0.1) is 17.0 Å². The van der Waals surface area contributed by atoms with Gasteiger partial charge in [0.2, 0.25) is 0 Å². The molecule has 154 valence electrons. The maximum absolute atomic E-state index is 12.2. The van der Waals surface area contributed by atoms with Gasteiger partial charge in [0.15, 0.2) is 6.61 Å². The quantitative estimate of drug-likeness (QED) is 0.350. The average molecular weight is 431 g/mol. The largest absolute Gasteiger partial charge is 0.452 e. The predicted molar refractivity (Wildman–Crippen MR) is 108 cm³/mol. The Morgan fingerprint density at radius 1 is 1.23 bits per heavy atom. The van der Waals surface area contributed by atoms with Gasteiger partial charge >= 0.3 is 11.7 Å². The number of nitro benzene ring substituents is 1. The highest BCUT2D eigenvalue weighted by Gasteiger charge is 2.15. The first kappa shape index (κ1) is 20.8. The number of rotatable bonds is 6. The molecule has 2 aromatic carbocycles. The second-order valence-corrected chi connectivity index (χ2v) is 6.57. The molecule has 0 unspecified atom stereocenters. The first-order valence-corrected chi connectivity index (χ1v) is 8.92. The van der Waals surface area contributed by atoms with Gasteiger partial charge in [-0.25, -0.2) is 9.59 Å². The van der Waals surface area contributed by atoms with E-state index in [1.165, 1.54) is 28.8 Å². The summed E-state index contributed by atoms with van der Waals surface area (Å²) < 4.78 is 6.39.